The van der Waals surface area contributed by atoms with Gasteiger partial charge in [-0.15, -0.1) is 0 Å². The van der Waals surface area contributed by atoms with Crippen molar-refractivity contribution in [3.8, 4) is 5.75 Å². The molecule has 0 saturated carbocycles. The van der Waals surface area contributed by atoms with Crippen LogP contribution in [-0.2, 0) is 6.42 Å². The summed E-state index contributed by atoms with van der Waals surface area (Å²) in [5, 5.41) is 0. The fourth-order valence-corrected chi connectivity index (χ4v) is 2.16. The van der Waals surface area contributed by atoms with Gasteiger partial charge in [0.25, 0.3) is 0 Å². The largest absolute Gasteiger partial charge is 0.493 e. The quantitative estimate of drug-likeness (QED) is 0.649. The second kappa shape index (κ2) is 6.28. The average molecular weight is 255 g/mol. The van der Waals surface area contributed by atoms with Crippen molar-refractivity contribution in [1.29, 1.82) is 0 Å². The van der Waals surface area contributed by atoms with Crippen LogP contribution >= 0.6 is 0 Å². The van der Waals surface area contributed by atoms with Crippen LogP contribution in [0.5, 0.6) is 5.75 Å². The summed E-state index contributed by atoms with van der Waals surface area (Å²) in [5.41, 5.74) is 10.2. The molecule has 2 rings (SSSR count). The van der Waals surface area contributed by atoms with Gasteiger partial charge in [0.1, 0.15) is 5.75 Å². The van der Waals surface area contributed by atoms with E-state index in [0.29, 0.717) is 0 Å². The zero-order valence-electron chi connectivity index (χ0n) is 11.6. The molecule has 0 radical (unpaired) electrons. The van der Waals surface area contributed by atoms with E-state index in [1.165, 1.54) is 16.7 Å². The molecular formula is C17H21NO. The Morgan fingerprint density at radius 2 is 1.58 bits per heavy atom. The molecule has 0 fully saturated rings. The Labute approximate surface area is 115 Å². The molecule has 0 aliphatic carbocycles. The summed E-state index contributed by atoms with van der Waals surface area (Å²) in [5.74, 6) is 1.03. The maximum Gasteiger partial charge on any atom is 0.125 e. The van der Waals surface area contributed by atoms with E-state index in [4.69, 9.17) is 10.5 Å². The lowest BCUT2D eigenvalue weighted by Crippen LogP contribution is -2.02. The minimum atomic E-state index is 0.746. The first-order valence-corrected chi connectivity index (χ1v) is 6.70. The van der Waals surface area contributed by atoms with Gasteiger partial charge in [0.15, 0.2) is 0 Å². The first-order chi connectivity index (χ1) is 9.16. The number of aryl methyl sites for hydroxylation is 3. The Hall–Kier alpha value is -1.96. The molecule has 2 aromatic rings. The zero-order chi connectivity index (χ0) is 13.7. The predicted molar refractivity (Wildman–Crippen MR) is 80.6 cm³/mol. The minimum absolute atomic E-state index is 0.746. The molecular weight excluding hydrogens is 234 g/mol. The van der Waals surface area contributed by atoms with Gasteiger partial charge in [0, 0.05) is 5.69 Å². The summed E-state index contributed by atoms with van der Waals surface area (Å²) in [6.45, 7) is 4.92. The minimum Gasteiger partial charge on any atom is -0.493 e. The van der Waals surface area contributed by atoms with E-state index in [0.717, 1.165) is 30.9 Å². The van der Waals surface area contributed by atoms with Crippen LogP contribution in [0.1, 0.15) is 23.1 Å². The maximum atomic E-state index is 5.89. The van der Waals surface area contributed by atoms with Gasteiger partial charge >= 0.3 is 0 Å². The van der Waals surface area contributed by atoms with E-state index in [1.54, 1.807) is 0 Å². The predicted octanol–water partition coefficient (Wildman–Crippen LogP) is 3.90. The first kappa shape index (κ1) is 13.5. The first-order valence-electron chi connectivity index (χ1n) is 6.70. The molecule has 2 heteroatoms. The van der Waals surface area contributed by atoms with Gasteiger partial charge in [0.2, 0.25) is 0 Å². The molecule has 0 unspecified atom stereocenters. The Bertz CT molecular complexity index is 511. The molecule has 0 bridgehead atoms. The molecule has 0 aliphatic heterocycles. The molecule has 2 N–H and O–H groups in total. The molecule has 0 aliphatic rings. The molecule has 2 nitrogen and oxygen atoms in total. The van der Waals surface area contributed by atoms with Crippen LogP contribution in [0.2, 0.25) is 0 Å². The number of nitrogen functional groups attached to an aromatic ring is 1. The summed E-state index contributed by atoms with van der Waals surface area (Å²) in [6, 6.07) is 14.3. The van der Waals surface area contributed by atoms with Crippen LogP contribution in [0.25, 0.3) is 0 Å². The fraction of sp³-hybridized carbons (Fsp3) is 0.294. The molecule has 100 valence electrons. The molecule has 0 saturated heterocycles. The summed E-state index contributed by atoms with van der Waals surface area (Å²) < 4.78 is 5.89. The second-order valence-electron chi connectivity index (χ2n) is 4.91. The van der Waals surface area contributed by atoms with Gasteiger partial charge in [-0.05, 0) is 55.5 Å². The summed E-state index contributed by atoms with van der Waals surface area (Å²) in [7, 11) is 0. The number of ether oxygens (including phenoxy) is 1. The fourth-order valence-electron chi connectivity index (χ4n) is 2.16. The topological polar surface area (TPSA) is 35.2 Å². The molecule has 0 atom stereocenters. The summed E-state index contributed by atoms with van der Waals surface area (Å²) in [4.78, 5) is 0. The molecule has 2 aromatic carbocycles. The lowest BCUT2D eigenvalue weighted by Gasteiger charge is -2.11. The van der Waals surface area contributed by atoms with Crippen molar-refractivity contribution in [1.82, 2.24) is 0 Å². The maximum absolute atomic E-state index is 5.89. The number of para-hydroxylation sites is 1. The summed E-state index contributed by atoms with van der Waals surface area (Å²) >= 11 is 0. The Morgan fingerprint density at radius 3 is 2.21 bits per heavy atom. The normalized spacial score (nSPS) is 10.4. The molecule has 0 spiro atoms. The molecule has 0 amide bonds. The van der Waals surface area contributed by atoms with Crippen LogP contribution in [0.4, 0.5) is 5.69 Å². The van der Waals surface area contributed by atoms with Crippen molar-refractivity contribution in [3.05, 3.63) is 59.2 Å². The standard InChI is InChI=1S/C17H21NO/c1-13-5-3-6-14(2)17(13)19-12-4-7-15-8-10-16(18)11-9-15/h3,5-6,8-11H,4,7,12,18H2,1-2H3. The Balaban J connectivity index is 1.82. The number of nitrogens with two attached hydrogens (primary N) is 1. The van der Waals surface area contributed by atoms with E-state index in [-0.39, 0.29) is 0 Å². The highest BCUT2D eigenvalue weighted by molar-refractivity contribution is 5.40. The smallest absolute Gasteiger partial charge is 0.125 e. The van der Waals surface area contributed by atoms with Crippen molar-refractivity contribution in [2.75, 3.05) is 12.3 Å². The number of benzene rings is 2. The van der Waals surface area contributed by atoms with Gasteiger partial charge in [0.05, 0.1) is 6.61 Å². The van der Waals surface area contributed by atoms with Gasteiger partial charge in [-0.3, -0.25) is 0 Å². The van der Waals surface area contributed by atoms with Gasteiger partial charge in [-0.2, -0.15) is 0 Å². The van der Waals surface area contributed by atoms with Crippen molar-refractivity contribution in [2.45, 2.75) is 26.7 Å². The highest BCUT2D eigenvalue weighted by Gasteiger charge is 2.02. The number of hydrogen-bond acceptors (Lipinski definition) is 2. The Morgan fingerprint density at radius 1 is 0.947 bits per heavy atom. The van der Waals surface area contributed by atoms with E-state index < -0.39 is 0 Å². The van der Waals surface area contributed by atoms with E-state index >= 15 is 0 Å². The SMILES string of the molecule is Cc1cccc(C)c1OCCCc1ccc(N)cc1. The highest BCUT2D eigenvalue weighted by Crippen LogP contribution is 2.22. The number of anilines is 1. The monoisotopic (exact) mass is 255 g/mol. The zero-order valence-corrected chi connectivity index (χ0v) is 11.6. The lowest BCUT2D eigenvalue weighted by molar-refractivity contribution is 0.307. The highest BCUT2D eigenvalue weighted by atomic mass is 16.5. The average Bonchev–Trinajstić information content (AvgIpc) is 2.39. The van der Waals surface area contributed by atoms with Crippen molar-refractivity contribution in [2.24, 2.45) is 0 Å². The number of hydrogen-bond donors (Lipinski definition) is 1. The van der Waals surface area contributed by atoms with Crippen LogP contribution in [0, 0.1) is 13.8 Å². The van der Waals surface area contributed by atoms with Crippen molar-refractivity contribution >= 4 is 5.69 Å². The number of rotatable bonds is 5. The summed E-state index contributed by atoms with van der Waals surface area (Å²) in [6.07, 6.45) is 2.03. The molecule has 0 heterocycles. The lowest BCUT2D eigenvalue weighted by atomic mass is 10.1. The van der Waals surface area contributed by atoms with Crippen LogP contribution in [0.15, 0.2) is 42.5 Å². The van der Waals surface area contributed by atoms with Crippen molar-refractivity contribution in [3.63, 3.8) is 0 Å². The third-order valence-electron chi connectivity index (χ3n) is 3.24. The molecule has 0 aromatic heterocycles. The van der Waals surface area contributed by atoms with Gasteiger partial charge < -0.3 is 10.5 Å². The Kier molecular flexibility index (Phi) is 4.45. The van der Waals surface area contributed by atoms with E-state index in [1.807, 2.05) is 12.1 Å². The third kappa shape index (κ3) is 3.75. The van der Waals surface area contributed by atoms with Gasteiger partial charge in [-0.1, -0.05) is 30.3 Å². The second-order valence-corrected chi connectivity index (χ2v) is 4.91. The van der Waals surface area contributed by atoms with E-state index in [9.17, 15) is 0 Å². The van der Waals surface area contributed by atoms with Gasteiger partial charge in [-0.25, -0.2) is 0 Å². The van der Waals surface area contributed by atoms with Crippen molar-refractivity contribution < 1.29 is 4.74 Å². The third-order valence-corrected chi connectivity index (χ3v) is 3.24. The van der Waals surface area contributed by atoms with E-state index in [2.05, 4.69) is 44.2 Å². The van der Waals surface area contributed by atoms with Crippen LogP contribution in [0.3, 0.4) is 0 Å². The van der Waals surface area contributed by atoms with Crippen LogP contribution < -0.4 is 10.5 Å². The van der Waals surface area contributed by atoms with Crippen LogP contribution in [-0.4, -0.2) is 6.61 Å². The molecule has 19 heavy (non-hydrogen) atoms.